The Bertz CT molecular complexity index is 3690. The van der Waals surface area contributed by atoms with Crippen LogP contribution in [0.4, 0.5) is 0 Å². The van der Waals surface area contributed by atoms with Crippen molar-refractivity contribution in [3.63, 3.8) is 0 Å². The van der Waals surface area contributed by atoms with Crippen molar-refractivity contribution in [3.8, 4) is 89.8 Å². The molecule has 0 N–H and O–H groups in total. The third kappa shape index (κ3) is 7.04. The van der Waals surface area contributed by atoms with Gasteiger partial charge in [0.1, 0.15) is 11.2 Å². The molecule has 0 bridgehead atoms. The first-order chi connectivity index (χ1) is 32.2. The van der Waals surface area contributed by atoms with Crippen LogP contribution in [0, 0.1) is 0 Å². The lowest BCUT2D eigenvalue weighted by Gasteiger charge is -2.13. The Balaban J connectivity index is 0.889. The highest BCUT2D eigenvalue weighted by molar-refractivity contribution is 6.13. The van der Waals surface area contributed by atoms with Gasteiger partial charge in [-0.25, -0.2) is 15.0 Å². The summed E-state index contributed by atoms with van der Waals surface area (Å²) in [5, 5.41) is 4.65. The maximum Gasteiger partial charge on any atom is 0.164 e. The van der Waals surface area contributed by atoms with Crippen LogP contribution >= 0.6 is 0 Å². The molecule has 304 valence electrons. The van der Waals surface area contributed by atoms with Crippen molar-refractivity contribution in [2.24, 2.45) is 0 Å². The maximum atomic E-state index is 6.46. The molecule has 4 nitrogen and oxygen atoms in total. The summed E-state index contributed by atoms with van der Waals surface area (Å²) in [6.45, 7) is 0. The molecule has 4 heteroatoms. The second-order valence-corrected chi connectivity index (χ2v) is 16.3. The van der Waals surface area contributed by atoms with Gasteiger partial charge in [0.2, 0.25) is 0 Å². The lowest BCUT2D eigenvalue weighted by Crippen LogP contribution is -2.01. The summed E-state index contributed by atoms with van der Waals surface area (Å²) < 4.78 is 6.46. The average Bonchev–Trinajstić information content (AvgIpc) is 3.78. The summed E-state index contributed by atoms with van der Waals surface area (Å²) in [6.07, 6.45) is 0. The van der Waals surface area contributed by atoms with Gasteiger partial charge in [0.25, 0.3) is 0 Å². The minimum Gasteiger partial charge on any atom is -0.455 e. The van der Waals surface area contributed by atoms with Crippen molar-refractivity contribution in [2.45, 2.75) is 0 Å². The van der Waals surface area contributed by atoms with E-state index in [0.29, 0.717) is 17.5 Å². The number of rotatable bonds is 8. The van der Waals surface area contributed by atoms with E-state index < -0.39 is 0 Å². The minimum atomic E-state index is 0.617. The van der Waals surface area contributed by atoms with Crippen molar-refractivity contribution in [1.82, 2.24) is 15.0 Å². The van der Waals surface area contributed by atoms with Gasteiger partial charge in [0, 0.05) is 33.0 Å². The molecule has 0 aliphatic carbocycles. The largest absolute Gasteiger partial charge is 0.455 e. The molecule has 0 saturated carbocycles. The first kappa shape index (κ1) is 38.0. The molecule has 0 spiro atoms. The van der Waals surface area contributed by atoms with E-state index >= 15 is 0 Å². The zero-order valence-corrected chi connectivity index (χ0v) is 35.3. The number of nitrogens with zero attached hydrogens (tertiary/aromatic N) is 3. The summed E-state index contributed by atoms with van der Waals surface area (Å²) >= 11 is 0. The van der Waals surface area contributed by atoms with Crippen molar-refractivity contribution >= 4 is 32.7 Å². The summed E-state index contributed by atoms with van der Waals surface area (Å²) in [4.78, 5) is 15.4. The smallest absolute Gasteiger partial charge is 0.164 e. The number of para-hydroxylation sites is 2. The molecule has 2 heterocycles. The second kappa shape index (κ2) is 16.2. The van der Waals surface area contributed by atoms with Crippen LogP contribution in [0.5, 0.6) is 0 Å². The highest BCUT2D eigenvalue weighted by atomic mass is 16.3. The zero-order chi connectivity index (χ0) is 43.1. The van der Waals surface area contributed by atoms with E-state index in [4.69, 9.17) is 19.4 Å². The summed E-state index contributed by atoms with van der Waals surface area (Å²) in [7, 11) is 0. The molecular weight excluding hydrogens is 791 g/mol. The molecule has 12 rings (SSSR count). The Morgan fingerprint density at radius 1 is 0.231 bits per heavy atom. The topological polar surface area (TPSA) is 51.8 Å². The van der Waals surface area contributed by atoms with E-state index in [1.54, 1.807) is 0 Å². The van der Waals surface area contributed by atoms with Crippen LogP contribution in [0.25, 0.3) is 123 Å². The molecular formula is C61H39N3O. The molecule has 65 heavy (non-hydrogen) atoms. The van der Waals surface area contributed by atoms with Gasteiger partial charge in [-0.3, -0.25) is 0 Å². The molecule has 0 unspecified atom stereocenters. The van der Waals surface area contributed by atoms with Crippen LogP contribution in [0.15, 0.2) is 241 Å². The molecule has 0 fully saturated rings. The Labute approximate surface area is 376 Å². The molecule has 10 aromatic carbocycles. The van der Waals surface area contributed by atoms with E-state index in [1.807, 2.05) is 30.3 Å². The zero-order valence-electron chi connectivity index (χ0n) is 35.3. The van der Waals surface area contributed by atoms with Gasteiger partial charge < -0.3 is 4.42 Å². The standard InChI is InChI=1S/C61H39N3O/c1-3-15-40(16-4-1)46-19-13-20-47(39-46)60-62-59(63-61(64-60)56-25-10-7-21-48(56)43-17-5-2-6-18-43)45-35-31-42(32-36-45)41-29-33-44(34-30-41)49-37-38-52(51-23-9-8-22-50(49)51)54-26-14-27-55-53-24-11-12-28-57(53)65-58(54)55/h1-39H. The minimum absolute atomic E-state index is 0.617. The van der Waals surface area contributed by atoms with Crippen LogP contribution in [0.1, 0.15) is 0 Å². The summed E-state index contributed by atoms with van der Waals surface area (Å²) in [6, 6.07) is 82.9. The number of aromatic nitrogens is 3. The normalized spacial score (nSPS) is 11.4. The first-order valence-corrected chi connectivity index (χ1v) is 21.9. The van der Waals surface area contributed by atoms with E-state index in [-0.39, 0.29) is 0 Å². The highest BCUT2D eigenvalue weighted by Crippen LogP contribution is 2.41. The van der Waals surface area contributed by atoms with E-state index in [2.05, 4.69) is 206 Å². The van der Waals surface area contributed by atoms with Gasteiger partial charge in [0.05, 0.1) is 0 Å². The second-order valence-electron chi connectivity index (χ2n) is 16.3. The Hall–Kier alpha value is -8.73. The molecule has 0 aliphatic heterocycles. The lowest BCUT2D eigenvalue weighted by molar-refractivity contribution is 0.670. The molecule has 12 aromatic rings. The number of fused-ring (bicyclic) bond motifs is 4. The third-order valence-corrected chi connectivity index (χ3v) is 12.4. The van der Waals surface area contributed by atoms with E-state index in [1.165, 1.54) is 16.3 Å². The van der Waals surface area contributed by atoms with Crippen LogP contribution in [-0.2, 0) is 0 Å². The summed E-state index contributed by atoms with van der Waals surface area (Å²) in [5.74, 6) is 1.87. The van der Waals surface area contributed by atoms with Gasteiger partial charge in [-0.2, -0.15) is 0 Å². The van der Waals surface area contributed by atoms with Crippen molar-refractivity contribution in [1.29, 1.82) is 0 Å². The third-order valence-electron chi connectivity index (χ3n) is 12.4. The Morgan fingerprint density at radius 2 is 0.677 bits per heavy atom. The van der Waals surface area contributed by atoms with E-state index in [9.17, 15) is 0 Å². The fraction of sp³-hybridized carbons (Fsp3) is 0. The maximum absolute atomic E-state index is 6.46. The molecule has 2 aromatic heterocycles. The van der Waals surface area contributed by atoms with Gasteiger partial charge in [-0.05, 0) is 73.0 Å². The van der Waals surface area contributed by atoms with Crippen LogP contribution in [-0.4, -0.2) is 15.0 Å². The summed E-state index contributed by atoms with van der Waals surface area (Å²) in [5.41, 5.74) is 15.9. The quantitative estimate of drug-likeness (QED) is 0.153. The average molecular weight is 830 g/mol. The molecule has 0 amide bonds. The lowest BCUT2D eigenvalue weighted by atomic mass is 9.91. The first-order valence-electron chi connectivity index (χ1n) is 21.9. The molecule has 0 saturated heterocycles. The van der Waals surface area contributed by atoms with Crippen molar-refractivity contribution in [3.05, 3.63) is 237 Å². The Kier molecular flexibility index (Phi) is 9.46. The van der Waals surface area contributed by atoms with Crippen LogP contribution in [0.3, 0.4) is 0 Å². The number of hydrogen-bond acceptors (Lipinski definition) is 4. The van der Waals surface area contributed by atoms with Crippen LogP contribution in [0.2, 0.25) is 0 Å². The van der Waals surface area contributed by atoms with Gasteiger partial charge in [0.15, 0.2) is 17.5 Å². The fourth-order valence-corrected chi connectivity index (χ4v) is 9.17. The monoisotopic (exact) mass is 829 g/mol. The van der Waals surface area contributed by atoms with E-state index in [0.717, 1.165) is 88.7 Å². The number of benzene rings is 10. The number of furan rings is 1. The van der Waals surface area contributed by atoms with Gasteiger partial charge >= 0.3 is 0 Å². The molecule has 0 aliphatic rings. The van der Waals surface area contributed by atoms with Crippen molar-refractivity contribution < 1.29 is 4.42 Å². The SMILES string of the molecule is c1ccc(-c2cccc(-c3nc(-c4ccc(-c5ccc(-c6ccc(-c7cccc8c7oc7ccccc78)c7ccccc67)cc5)cc4)nc(-c4ccccc4-c4ccccc4)n3)c2)cc1. The van der Waals surface area contributed by atoms with Crippen LogP contribution < -0.4 is 0 Å². The van der Waals surface area contributed by atoms with Crippen molar-refractivity contribution in [2.75, 3.05) is 0 Å². The predicted molar refractivity (Wildman–Crippen MR) is 268 cm³/mol. The fourth-order valence-electron chi connectivity index (χ4n) is 9.17. The molecule has 0 atom stereocenters. The van der Waals surface area contributed by atoms with Gasteiger partial charge in [-0.1, -0.05) is 224 Å². The van der Waals surface area contributed by atoms with Gasteiger partial charge in [-0.15, -0.1) is 0 Å². The predicted octanol–water partition coefficient (Wildman–Crippen LogP) is 16.3. The Morgan fingerprint density at radius 3 is 1.42 bits per heavy atom. The molecule has 0 radical (unpaired) electrons. The highest BCUT2D eigenvalue weighted by Gasteiger charge is 2.18. The number of hydrogen-bond donors (Lipinski definition) is 0.